The molecule has 12 heavy (non-hydrogen) atoms. The van der Waals surface area contributed by atoms with Crippen molar-refractivity contribution in [2.45, 2.75) is 18.9 Å². The van der Waals surface area contributed by atoms with Gasteiger partial charge in [-0.3, -0.25) is 4.79 Å². The summed E-state index contributed by atoms with van der Waals surface area (Å²) >= 11 is 0. The number of alkyl halides is 2. The van der Waals surface area contributed by atoms with Crippen molar-refractivity contribution in [3.8, 4) is 6.07 Å². The summed E-state index contributed by atoms with van der Waals surface area (Å²) in [7, 11) is 0. The monoisotopic (exact) mass is 174 g/mol. The van der Waals surface area contributed by atoms with Gasteiger partial charge < -0.3 is 5.73 Å². The number of ketones is 1. The molecule has 3 nitrogen and oxygen atoms in total. The number of nitriles is 1. The molecule has 0 aromatic carbocycles. The van der Waals surface area contributed by atoms with E-state index in [2.05, 4.69) is 6.58 Å². The Morgan fingerprint density at radius 3 is 2.50 bits per heavy atom. The van der Waals surface area contributed by atoms with Gasteiger partial charge in [0.1, 0.15) is 6.07 Å². The lowest BCUT2D eigenvalue weighted by molar-refractivity contribution is -0.117. The lowest BCUT2D eigenvalue weighted by Crippen LogP contribution is -2.33. The van der Waals surface area contributed by atoms with E-state index in [1.165, 1.54) is 6.07 Å². The van der Waals surface area contributed by atoms with Crippen LogP contribution in [0.1, 0.15) is 6.42 Å². The summed E-state index contributed by atoms with van der Waals surface area (Å²) < 4.78 is 23.3. The maximum Gasteiger partial charge on any atom is 0.240 e. The van der Waals surface area contributed by atoms with Gasteiger partial charge in [0, 0.05) is 6.42 Å². The predicted molar refractivity (Wildman–Crippen MR) is 38.4 cm³/mol. The van der Waals surface area contributed by atoms with Crippen LogP contribution in [0.3, 0.4) is 0 Å². The molecule has 5 heteroatoms. The molecule has 0 spiro atoms. The van der Waals surface area contributed by atoms with E-state index in [-0.39, 0.29) is 5.57 Å². The summed E-state index contributed by atoms with van der Waals surface area (Å²) in [4.78, 5) is 10.8. The normalized spacial score (nSPS) is 12.2. The second-order valence-corrected chi connectivity index (χ2v) is 2.19. The number of nitrogens with zero attached hydrogens (tertiary/aromatic N) is 1. The maximum absolute atomic E-state index is 11.7. The van der Waals surface area contributed by atoms with E-state index in [1.54, 1.807) is 0 Å². The van der Waals surface area contributed by atoms with Gasteiger partial charge >= 0.3 is 0 Å². The van der Waals surface area contributed by atoms with Gasteiger partial charge in [0.05, 0.1) is 11.6 Å². The topological polar surface area (TPSA) is 66.9 Å². The zero-order valence-electron chi connectivity index (χ0n) is 6.26. The number of Topliss-reactive ketones (excluding diaryl/α,β-unsaturated/α-hetero) is 1. The van der Waals surface area contributed by atoms with Crippen molar-refractivity contribution in [3.05, 3.63) is 12.2 Å². The molecular formula is C7H8F2N2O. The van der Waals surface area contributed by atoms with Crippen LogP contribution < -0.4 is 5.73 Å². The molecule has 0 aliphatic heterocycles. The lowest BCUT2D eigenvalue weighted by atomic mass is 10.1. The average Bonchev–Trinajstić information content (AvgIpc) is 2.00. The highest BCUT2D eigenvalue weighted by Crippen LogP contribution is 2.05. The van der Waals surface area contributed by atoms with Crippen LogP contribution in [0.15, 0.2) is 12.2 Å². The molecule has 66 valence electrons. The molecule has 1 atom stereocenters. The molecule has 0 aliphatic rings. The number of nitrogens with two attached hydrogens (primary N) is 1. The van der Waals surface area contributed by atoms with Crippen LogP contribution in [-0.4, -0.2) is 18.3 Å². The zero-order chi connectivity index (χ0) is 9.72. The van der Waals surface area contributed by atoms with Gasteiger partial charge in [0.15, 0.2) is 5.78 Å². The van der Waals surface area contributed by atoms with Gasteiger partial charge in [0.2, 0.25) is 6.43 Å². The second kappa shape index (κ2) is 4.57. The SMILES string of the molecule is C=C(C#N)C(=O)C(N)CC(F)F. The van der Waals surface area contributed by atoms with E-state index in [0.717, 1.165) is 0 Å². The Kier molecular flexibility index (Phi) is 4.08. The zero-order valence-corrected chi connectivity index (χ0v) is 6.26. The van der Waals surface area contributed by atoms with Gasteiger partial charge in [0.25, 0.3) is 0 Å². The van der Waals surface area contributed by atoms with Crippen LogP contribution in [-0.2, 0) is 4.79 Å². The van der Waals surface area contributed by atoms with Crippen molar-refractivity contribution in [3.63, 3.8) is 0 Å². The highest BCUT2D eigenvalue weighted by molar-refractivity contribution is 6.01. The number of hydrogen-bond acceptors (Lipinski definition) is 3. The van der Waals surface area contributed by atoms with E-state index in [0.29, 0.717) is 0 Å². The summed E-state index contributed by atoms with van der Waals surface area (Å²) in [5.41, 5.74) is 4.67. The van der Waals surface area contributed by atoms with Crippen LogP contribution in [0, 0.1) is 11.3 Å². The average molecular weight is 174 g/mol. The fourth-order valence-electron chi connectivity index (χ4n) is 0.578. The van der Waals surface area contributed by atoms with Gasteiger partial charge in [-0.2, -0.15) is 5.26 Å². The molecule has 0 aliphatic carbocycles. The first-order chi connectivity index (χ1) is 5.49. The third kappa shape index (κ3) is 3.21. The highest BCUT2D eigenvalue weighted by Gasteiger charge is 2.20. The molecule has 2 N–H and O–H groups in total. The van der Waals surface area contributed by atoms with Crippen molar-refractivity contribution >= 4 is 5.78 Å². The molecule has 0 saturated heterocycles. The molecule has 0 radical (unpaired) electrons. The highest BCUT2D eigenvalue weighted by atomic mass is 19.3. The summed E-state index contributed by atoms with van der Waals surface area (Å²) in [6, 6.07) is 0.128. The molecular weight excluding hydrogens is 166 g/mol. The molecule has 0 bridgehead atoms. The van der Waals surface area contributed by atoms with Gasteiger partial charge in [-0.15, -0.1) is 0 Å². The minimum Gasteiger partial charge on any atom is -0.321 e. The van der Waals surface area contributed by atoms with Crippen molar-refractivity contribution in [2.75, 3.05) is 0 Å². The third-order valence-electron chi connectivity index (χ3n) is 1.20. The van der Waals surface area contributed by atoms with E-state index in [9.17, 15) is 13.6 Å². The third-order valence-corrected chi connectivity index (χ3v) is 1.20. The van der Waals surface area contributed by atoms with Crippen molar-refractivity contribution < 1.29 is 13.6 Å². The molecule has 0 aromatic heterocycles. The Balaban J connectivity index is 4.13. The summed E-state index contributed by atoms with van der Waals surface area (Å²) in [5.74, 6) is -0.821. The Morgan fingerprint density at radius 2 is 2.17 bits per heavy atom. The fourth-order valence-corrected chi connectivity index (χ4v) is 0.578. The van der Waals surface area contributed by atoms with Crippen LogP contribution in [0.2, 0.25) is 0 Å². The van der Waals surface area contributed by atoms with Crippen molar-refractivity contribution in [1.29, 1.82) is 5.26 Å². The first-order valence-corrected chi connectivity index (χ1v) is 3.16. The van der Waals surface area contributed by atoms with Crippen LogP contribution >= 0.6 is 0 Å². The van der Waals surface area contributed by atoms with Crippen LogP contribution in [0.25, 0.3) is 0 Å². The van der Waals surface area contributed by atoms with E-state index in [1.807, 2.05) is 0 Å². The smallest absolute Gasteiger partial charge is 0.240 e. The number of carbonyl (C=O) groups is 1. The maximum atomic E-state index is 11.7. The first-order valence-electron chi connectivity index (χ1n) is 3.16. The first kappa shape index (κ1) is 10.7. The van der Waals surface area contributed by atoms with E-state index >= 15 is 0 Å². The molecule has 0 saturated carbocycles. The quantitative estimate of drug-likeness (QED) is 0.501. The lowest BCUT2D eigenvalue weighted by Gasteiger charge is -2.07. The molecule has 0 heterocycles. The molecule has 0 amide bonds. The molecule has 0 fully saturated rings. The standard InChI is InChI=1S/C7H8F2N2O/c1-4(3-10)7(12)5(11)2-6(8)9/h5-6H,1-2,11H2. The number of hydrogen-bond donors (Lipinski definition) is 1. The summed E-state index contributed by atoms with van der Waals surface area (Å²) in [6.45, 7) is 3.07. The van der Waals surface area contributed by atoms with E-state index in [4.69, 9.17) is 11.0 Å². The number of carbonyl (C=O) groups excluding carboxylic acids is 1. The predicted octanol–water partition coefficient (Wildman–Crippen LogP) is 0.618. The van der Waals surface area contributed by atoms with Gasteiger partial charge in [-0.1, -0.05) is 6.58 Å². The van der Waals surface area contributed by atoms with E-state index < -0.39 is 24.7 Å². The Labute approximate surface area is 68.5 Å². The summed E-state index contributed by atoms with van der Waals surface area (Å²) in [6.07, 6.45) is -3.38. The Bertz CT molecular complexity index is 232. The largest absolute Gasteiger partial charge is 0.321 e. The minimum atomic E-state index is -2.64. The van der Waals surface area contributed by atoms with Crippen LogP contribution in [0.4, 0.5) is 8.78 Å². The molecule has 0 aromatic rings. The fraction of sp³-hybridized carbons (Fsp3) is 0.429. The Hall–Kier alpha value is -1.28. The molecule has 0 rings (SSSR count). The van der Waals surface area contributed by atoms with Crippen molar-refractivity contribution in [1.82, 2.24) is 0 Å². The van der Waals surface area contributed by atoms with Gasteiger partial charge in [-0.25, -0.2) is 8.78 Å². The van der Waals surface area contributed by atoms with Gasteiger partial charge in [-0.05, 0) is 0 Å². The minimum absolute atomic E-state index is 0.386. The number of rotatable bonds is 4. The Morgan fingerprint density at radius 1 is 1.67 bits per heavy atom. The second-order valence-electron chi connectivity index (χ2n) is 2.19. The number of halogens is 2. The summed E-state index contributed by atoms with van der Waals surface area (Å²) in [5, 5.41) is 8.17. The van der Waals surface area contributed by atoms with Crippen molar-refractivity contribution in [2.24, 2.45) is 5.73 Å². The molecule has 1 unspecified atom stereocenters. The van der Waals surface area contributed by atoms with Crippen LogP contribution in [0.5, 0.6) is 0 Å².